The maximum absolute atomic E-state index is 13.8. The topological polar surface area (TPSA) is 54.3 Å². The minimum atomic E-state index is -1.01. The number of hydrogen-bond acceptors (Lipinski definition) is 3. The fraction of sp³-hybridized carbons (Fsp3) is 0.440. The first-order valence-electron chi connectivity index (χ1n) is 11.3. The Kier molecular flexibility index (Phi) is 5.54. The van der Waals surface area contributed by atoms with E-state index in [9.17, 15) is 9.59 Å². The summed E-state index contributed by atoms with van der Waals surface area (Å²) in [7, 11) is 0. The molecule has 7 heteroatoms. The van der Waals surface area contributed by atoms with E-state index in [1.807, 2.05) is 53.3 Å². The van der Waals surface area contributed by atoms with Crippen LogP contribution >= 0.6 is 22.9 Å². The number of nitrogens with zero attached hydrogens (tertiary/aromatic N) is 2. The van der Waals surface area contributed by atoms with Crippen LogP contribution in [0.5, 0.6) is 0 Å². The van der Waals surface area contributed by atoms with Crippen LogP contribution in [-0.4, -0.2) is 32.9 Å². The third kappa shape index (κ3) is 3.63. The SMILES string of the molecule is CC1CCC(NC(=O)[C@@]2(C)Cn3c(cc4sccc43)C(=O)N2Cc2ccccc2Cl)CC1. The monoisotopic (exact) mass is 469 g/mol. The highest BCUT2D eigenvalue weighted by atomic mass is 35.5. The molecule has 2 aliphatic rings. The summed E-state index contributed by atoms with van der Waals surface area (Å²) in [5.74, 6) is 0.496. The van der Waals surface area contributed by atoms with E-state index >= 15 is 0 Å². The lowest BCUT2D eigenvalue weighted by atomic mass is 9.86. The Hall–Kier alpha value is -2.31. The Morgan fingerprint density at radius 1 is 1.22 bits per heavy atom. The fourth-order valence-corrected chi connectivity index (χ4v) is 6.08. The zero-order valence-corrected chi connectivity index (χ0v) is 20.0. The highest BCUT2D eigenvalue weighted by Crippen LogP contribution is 2.36. The molecule has 0 saturated heterocycles. The van der Waals surface area contributed by atoms with E-state index in [0.29, 0.717) is 29.7 Å². The van der Waals surface area contributed by atoms with E-state index in [4.69, 9.17) is 11.6 Å². The maximum Gasteiger partial charge on any atom is 0.271 e. The number of carbonyl (C=O) groups is 2. The van der Waals surface area contributed by atoms with Crippen molar-refractivity contribution >= 4 is 45.0 Å². The number of fused-ring (bicyclic) bond motifs is 3. The fourth-order valence-electron chi connectivity index (χ4n) is 5.06. The molecule has 3 heterocycles. The second kappa shape index (κ2) is 8.23. The molecule has 0 spiro atoms. The van der Waals surface area contributed by atoms with Gasteiger partial charge in [-0.3, -0.25) is 9.59 Å². The van der Waals surface area contributed by atoms with Crippen LogP contribution in [0, 0.1) is 5.92 Å². The lowest BCUT2D eigenvalue weighted by molar-refractivity contribution is -0.134. The van der Waals surface area contributed by atoms with Gasteiger partial charge in [0.05, 0.1) is 16.8 Å². The average Bonchev–Trinajstić information content (AvgIpc) is 3.36. The Morgan fingerprint density at radius 3 is 2.72 bits per heavy atom. The van der Waals surface area contributed by atoms with E-state index in [1.165, 1.54) is 0 Å². The van der Waals surface area contributed by atoms with Gasteiger partial charge in [0.15, 0.2) is 0 Å². The molecule has 1 N–H and O–H groups in total. The molecule has 2 amide bonds. The molecule has 3 aromatic rings. The number of hydrogen-bond donors (Lipinski definition) is 1. The summed E-state index contributed by atoms with van der Waals surface area (Å²) in [6.07, 6.45) is 4.23. The van der Waals surface area contributed by atoms with Crippen molar-refractivity contribution in [3.8, 4) is 0 Å². The minimum absolute atomic E-state index is 0.0832. The van der Waals surface area contributed by atoms with Gasteiger partial charge in [-0.25, -0.2) is 0 Å². The number of aromatic nitrogens is 1. The molecule has 0 bridgehead atoms. The van der Waals surface area contributed by atoms with Gasteiger partial charge in [-0.2, -0.15) is 0 Å². The molecule has 5 rings (SSSR count). The number of rotatable bonds is 4. The molecule has 32 heavy (non-hydrogen) atoms. The molecule has 0 radical (unpaired) electrons. The van der Waals surface area contributed by atoms with E-state index in [0.717, 1.165) is 41.5 Å². The summed E-state index contributed by atoms with van der Waals surface area (Å²) in [5, 5.41) is 5.92. The number of benzene rings is 1. The highest BCUT2D eigenvalue weighted by molar-refractivity contribution is 7.17. The van der Waals surface area contributed by atoms with Crippen LogP contribution in [-0.2, 0) is 17.9 Å². The van der Waals surface area contributed by atoms with Crippen molar-refractivity contribution in [2.75, 3.05) is 0 Å². The van der Waals surface area contributed by atoms with E-state index in [-0.39, 0.29) is 17.9 Å². The lowest BCUT2D eigenvalue weighted by Crippen LogP contribution is -2.64. The molecule has 1 atom stereocenters. The molecular weight excluding hydrogens is 442 g/mol. The highest BCUT2D eigenvalue weighted by Gasteiger charge is 2.48. The molecule has 2 aromatic heterocycles. The Bertz CT molecular complexity index is 1180. The first-order chi connectivity index (χ1) is 15.4. The van der Waals surface area contributed by atoms with Gasteiger partial charge in [0.25, 0.3) is 5.91 Å². The smallest absolute Gasteiger partial charge is 0.271 e. The zero-order valence-electron chi connectivity index (χ0n) is 18.4. The van der Waals surface area contributed by atoms with Crippen molar-refractivity contribution in [3.63, 3.8) is 0 Å². The predicted octanol–water partition coefficient (Wildman–Crippen LogP) is 5.47. The molecule has 1 aliphatic carbocycles. The van der Waals surface area contributed by atoms with Crippen molar-refractivity contribution < 1.29 is 9.59 Å². The molecule has 0 unspecified atom stereocenters. The normalized spacial score (nSPS) is 25.7. The largest absolute Gasteiger partial charge is 0.351 e. The van der Waals surface area contributed by atoms with E-state index < -0.39 is 5.54 Å². The summed E-state index contributed by atoms with van der Waals surface area (Å²) in [6, 6.07) is 11.7. The van der Waals surface area contributed by atoms with E-state index in [2.05, 4.69) is 12.2 Å². The zero-order chi connectivity index (χ0) is 22.5. The van der Waals surface area contributed by atoms with Crippen LogP contribution in [0.4, 0.5) is 0 Å². The number of nitrogens with one attached hydrogen (secondary N) is 1. The number of thiophene rings is 1. The van der Waals surface area contributed by atoms with Crippen LogP contribution in [0.3, 0.4) is 0 Å². The first-order valence-corrected chi connectivity index (χ1v) is 12.6. The van der Waals surface area contributed by atoms with Crippen molar-refractivity contribution in [3.05, 3.63) is 58.1 Å². The van der Waals surface area contributed by atoms with Crippen molar-refractivity contribution in [2.45, 2.75) is 64.2 Å². The number of carbonyl (C=O) groups excluding carboxylic acids is 2. The molecule has 1 aromatic carbocycles. The van der Waals surface area contributed by atoms with E-state index in [1.54, 1.807) is 16.2 Å². The Labute approximate surface area is 197 Å². The van der Waals surface area contributed by atoms with Crippen molar-refractivity contribution in [1.82, 2.24) is 14.8 Å². The van der Waals surface area contributed by atoms with Gasteiger partial charge in [0.2, 0.25) is 5.91 Å². The molecule has 168 valence electrons. The van der Waals surface area contributed by atoms with Gasteiger partial charge in [-0.05, 0) is 67.7 Å². The second-order valence-electron chi connectivity index (χ2n) is 9.47. The van der Waals surface area contributed by atoms with Gasteiger partial charge in [0.1, 0.15) is 11.2 Å². The van der Waals surface area contributed by atoms with Gasteiger partial charge in [-0.1, -0.05) is 36.7 Å². The Morgan fingerprint density at radius 2 is 1.97 bits per heavy atom. The molecule has 1 fully saturated rings. The number of amides is 2. The van der Waals surface area contributed by atoms with Gasteiger partial charge < -0.3 is 14.8 Å². The molecular formula is C25H28ClN3O2S. The van der Waals surface area contributed by atoms with Crippen molar-refractivity contribution in [2.24, 2.45) is 5.92 Å². The summed E-state index contributed by atoms with van der Waals surface area (Å²) in [6.45, 7) is 4.88. The quantitative estimate of drug-likeness (QED) is 0.551. The minimum Gasteiger partial charge on any atom is -0.351 e. The molecule has 5 nitrogen and oxygen atoms in total. The summed E-state index contributed by atoms with van der Waals surface area (Å²) in [4.78, 5) is 29.2. The predicted molar refractivity (Wildman–Crippen MR) is 129 cm³/mol. The van der Waals surface area contributed by atoms with Gasteiger partial charge >= 0.3 is 0 Å². The third-order valence-corrected chi connectivity index (χ3v) is 8.40. The van der Waals surface area contributed by atoms with Gasteiger partial charge in [0, 0.05) is 17.6 Å². The third-order valence-electron chi connectivity index (χ3n) is 7.18. The molecule has 1 aliphatic heterocycles. The maximum atomic E-state index is 13.8. The van der Waals surface area contributed by atoms with Crippen molar-refractivity contribution in [1.29, 1.82) is 0 Å². The molecule has 1 saturated carbocycles. The average molecular weight is 470 g/mol. The summed E-state index contributed by atoms with van der Waals surface area (Å²) < 4.78 is 3.08. The lowest BCUT2D eigenvalue weighted by Gasteiger charge is -2.45. The van der Waals surface area contributed by atoms with Crippen LogP contribution in [0.2, 0.25) is 5.02 Å². The van der Waals surface area contributed by atoms with Crippen LogP contribution in [0.25, 0.3) is 10.2 Å². The summed E-state index contributed by atoms with van der Waals surface area (Å²) >= 11 is 8.05. The van der Waals surface area contributed by atoms with Crippen LogP contribution in [0.1, 0.15) is 55.6 Å². The van der Waals surface area contributed by atoms with Gasteiger partial charge in [-0.15, -0.1) is 11.3 Å². The van der Waals surface area contributed by atoms with Crippen LogP contribution in [0.15, 0.2) is 41.8 Å². The standard InChI is InChI=1S/C25H28ClN3O2S/c1-16-7-9-18(10-8-16)27-24(31)25(2)15-28-20-11-12-32-22(20)13-21(28)23(30)29(25)14-17-5-3-4-6-19(17)26/h3-6,11-13,16,18H,7-10,14-15H2,1-2H3,(H,27,31)/t16?,18?,25-/m1/s1. The summed E-state index contributed by atoms with van der Waals surface area (Å²) in [5.41, 5.74) is 1.48. The second-order valence-corrected chi connectivity index (χ2v) is 10.8. The first kappa shape index (κ1) is 21.5. The van der Waals surface area contributed by atoms with Crippen LogP contribution < -0.4 is 5.32 Å². The number of halogens is 1. The Balaban J connectivity index is 1.52.